The first kappa shape index (κ1) is 17.4. The number of benzene rings is 1. The maximum Gasteiger partial charge on any atom is 0.239 e. The number of rotatable bonds is 5. The van der Waals surface area contributed by atoms with Gasteiger partial charge in [-0.05, 0) is 69.4 Å². The Labute approximate surface area is 144 Å². The topological polar surface area (TPSA) is 35.6 Å². The molecular weight excluding hydrogens is 305 g/mol. The van der Waals surface area contributed by atoms with Gasteiger partial charge in [0.05, 0.1) is 6.04 Å². The van der Waals surface area contributed by atoms with Gasteiger partial charge in [-0.1, -0.05) is 12.1 Å². The first-order valence-corrected chi connectivity index (χ1v) is 9.09. The number of nitrogens with one attached hydrogen (secondary N) is 1. The zero-order chi connectivity index (χ0) is 16.9. The highest BCUT2D eigenvalue weighted by molar-refractivity contribution is 5.82. The molecular formula is C19H28FN3O. The lowest BCUT2D eigenvalue weighted by atomic mass is 9.96. The second-order valence-corrected chi connectivity index (χ2v) is 7.08. The molecule has 1 aromatic carbocycles. The molecule has 0 spiro atoms. The standard InChI is InChI=1S/C19H28FN3O/c1-21-13-15-8-11-22(12-9-15)19(24)18-3-2-10-23(18)14-16-4-6-17(20)7-5-16/h4-7,15,18,21H,2-3,8-14H2,1H3. The van der Waals surface area contributed by atoms with Gasteiger partial charge in [0.25, 0.3) is 0 Å². The van der Waals surface area contributed by atoms with E-state index in [4.69, 9.17) is 0 Å². The molecule has 132 valence electrons. The number of likely N-dealkylation sites (tertiary alicyclic amines) is 2. The highest BCUT2D eigenvalue weighted by Gasteiger charge is 2.34. The van der Waals surface area contributed by atoms with E-state index in [1.807, 2.05) is 19.2 Å². The summed E-state index contributed by atoms with van der Waals surface area (Å²) in [4.78, 5) is 17.2. The minimum absolute atomic E-state index is 0.00379. The van der Waals surface area contributed by atoms with Crippen molar-refractivity contribution in [1.29, 1.82) is 0 Å². The Balaban J connectivity index is 1.56. The van der Waals surface area contributed by atoms with Crippen molar-refractivity contribution in [2.45, 2.75) is 38.3 Å². The summed E-state index contributed by atoms with van der Waals surface area (Å²) in [6, 6.07) is 6.62. The van der Waals surface area contributed by atoms with Crippen LogP contribution in [0.15, 0.2) is 24.3 Å². The van der Waals surface area contributed by atoms with Crippen molar-refractivity contribution in [1.82, 2.24) is 15.1 Å². The third-order valence-electron chi connectivity index (χ3n) is 5.37. The predicted octanol–water partition coefficient (Wildman–Crippen LogP) is 2.25. The molecule has 2 heterocycles. The van der Waals surface area contributed by atoms with Gasteiger partial charge in [-0.3, -0.25) is 9.69 Å². The summed E-state index contributed by atoms with van der Waals surface area (Å²) in [5, 5.41) is 3.24. The summed E-state index contributed by atoms with van der Waals surface area (Å²) < 4.78 is 13.1. The molecule has 0 bridgehead atoms. The van der Waals surface area contributed by atoms with Crippen LogP contribution in [0.3, 0.4) is 0 Å². The van der Waals surface area contributed by atoms with Gasteiger partial charge in [-0.25, -0.2) is 4.39 Å². The Bertz CT molecular complexity index is 540. The molecule has 0 saturated carbocycles. The maximum atomic E-state index is 13.1. The summed E-state index contributed by atoms with van der Waals surface area (Å²) in [6.07, 6.45) is 4.19. The zero-order valence-corrected chi connectivity index (χ0v) is 14.5. The Hall–Kier alpha value is -1.46. The van der Waals surface area contributed by atoms with Crippen LogP contribution in [0.1, 0.15) is 31.2 Å². The van der Waals surface area contributed by atoms with E-state index in [1.165, 1.54) is 12.1 Å². The number of halogens is 1. The number of carbonyl (C=O) groups is 1. The van der Waals surface area contributed by atoms with Crippen molar-refractivity contribution in [3.8, 4) is 0 Å². The highest BCUT2D eigenvalue weighted by Crippen LogP contribution is 2.24. The van der Waals surface area contributed by atoms with Gasteiger partial charge in [0, 0.05) is 19.6 Å². The van der Waals surface area contributed by atoms with Crippen molar-refractivity contribution in [3.05, 3.63) is 35.6 Å². The highest BCUT2D eigenvalue weighted by atomic mass is 19.1. The van der Waals surface area contributed by atoms with Crippen molar-refractivity contribution in [2.24, 2.45) is 5.92 Å². The number of hydrogen-bond acceptors (Lipinski definition) is 3. The van der Waals surface area contributed by atoms with Gasteiger partial charge in [0.15, 0.2) is 0 Å². The molecule has 0 aromatic heterocycles. The molecule has 2 aliphatic heterocycles. The Kier molecular flexibility index (Phi) is 5.85. The van der Waals surface area contributed by atoms with E-state index < -0.39 is 0 Å². The fourth-order valence-corrected chi connectivity index (χ4v) is 3.98. The number of hydrogen-bond donors (Lipinski definition) is 1. The molecule has 1 amide bonds. The van der Waals surface area contributed by atoms with Crippen LogP contribution in [0.5, 0.6) is 0 Å². The Morgan fingerprint density at radius 3 is 2.54 bits per heavy atom. The largest absolute Gasteiger partial charge is 0.341 e. The molecule has 2 aliphatic rings. The van der Waals surface area contributed by atoms with Crippen LogP contribution >= 0.6 is 0 Å². The number of carbonyl (C=O) groups excluding carboxylic acids is 1. The third kappa shape index (κ3) is 4.14. The molecule has 0 radical (unpaired) electrons. The number of amides is 1. The molecule has 0 aliphatic carbocycles. The van der Waals surface area contributed by atoms with Gasteiger partial charge in [0.2, 0.25) is 5.91 Å². The lowest BCUT2D eigenvalue weighted by Crippen LogP contribution is -2.48. The second-order valence-electron chi connectivity index (χ2n) is 7.08. The number of piperidine rings is 1. The van der Waals surface area contributed by atoms with Crippen LogP contribution in [0, 0.1) is 11.7 Å². The van der Waals surface area contributed by atoms with Crippen LogP contribution in [-0.2, 0) is 11.3 Å². The van der Waals surface area contributed by atoms with Gasteiger partial charge >= 0.3 is 0 Å². The normalized spacial score (nSPS) is 22.9. The van der Waals surface area contributed by atoms with Crippen molar-refractivity contribution >= 4 is 5.91 Å². The van der Waals surface area contributed by atoms with Gasteiger partial charge in [-0.15, -0.1) is 0 Å². The SMILES string of the molecule is CNCC1CCN(C(=O)C2CCCN2Cc2ccc(F)cc2)CC1. The summed E-state index contributed by atoms with van der Waals surface area (Å²) in [5.74, 6) is 0.771. The van der Waals surface area contributed by atoms with E-state index in [0.29, 0.717) is 5.92 Å². The summed E-state index contributed by atoms with van der Waals surface area (Å²) in [7, 11) is 1.99. The van der Waals surface area contributed by atoms with E-state index in [-0.39, 0.29) is 17.8 Å². The summed E-state index contributed by atoms with van der Waals surface area (Å²) >= 11 is 0. The van der Waals surface area contributed by atoms with Crippen molar-refractivity contribution in [2.75, 3.05) is 33.2 Å². The van der Waals surface area contributed by atoms with E-state index in [0.717, 1.165) is 64.0 Å². The number of nitrogens with zero attached hydrogens (tertiary/aromatic N) is 2. The molecule has 1 unspecified atom stereocenters. The maximum absolute atomic E-state index is 13.1. The molecule has 2 fully saturated rings. The van der Waals surface area contributed by atoms with E-state index in [9.17, 15) is 9.18 Å². The average molecular weight is 333 g/mol. The smallest absolute Gasteiger partial charge is 0.239 e. The lowest BCUT2D eigenvalue weighted by molar-refractivity contribution is -0.137. The first-order chi connectivity index (χ1) is 11.7. The molecule has 3 rings (SSSR count). The van der Waals surface area contributed by atoms with Gasteiger partial charge in [-0.2, -0.15) is 0 Å². The van der Waals surface area contributed by atoms with Crippen molar-refractivity contribution in [3.63, 3.8) is 0 Å². The lowest BCUT2D eigenvalue weighted by Gasteiger charge is -2.35. The summed E-state index contributed by atoms with van der Waals surface area (Å²) in [6.45, 7) is 4.48. The van der Waals surface area contributed by atoms with Crippen LogP contribution in [0.2, 0.25) is 0 Å². The molecule has 24 heavy (non-hydrogen) atoms. The van der Waals surface area contributed by atoms with E-state index in [1.54, 1.807) is 0 Å². The average Bonchev–Trinajstić information content (AvgIpc) is 3.05. The molecule has 1 atom stereocenters. The van der Waals surface area contributed by atoms with Gasteiger partial charge in [0.1, 0.15) is 5.82 Å². The minimum atomic E-state index is -0.211. The summed E-state index contributed by atoms with van der Waals surface area (Å²) in [5.41, 5.74) is 1.07. The second kappa shape index (κ2) is 8.08. The van der Waals surface area contributed by atoms with Crippen LogP contribution < -0.4 is 5.32 Å². The predicted molar refractivity (Wildman–Crippen MR) is 93.1 cm³/mol. The van der Waals surface area contributed by atoms with E-state index in [2.05, 4.69) is 15.1 Å². The molecule has 1 aromatic rings. The van der Waals surface area contributed by atoms with Crippen molar-refractivity contribution < 1.29 is 9.18 Å². The molecule has 1 N–H and O–H groups in total. The van der Waals surface area contributed by atoms with Crippen LogP contribution in [0.25, 0.3) is 0 Å². The molecule has 4 nitrogen and oxygen atoms in total. The fraction of sp³-hybridized carbons (Fsp3) is 0.632. The fourth-order valence-electron chi connectivity index (χ4n) is 3.98. The van der Waals surface area contributed by atoms with E-state index >= 15 is 0 Å². The third-order valence-corrected chi connectivity index (χ3v) is 5.37. The minimum Gasteiger partial charge on any atom is -0.341 e. The monoisotopic (exact) mass is 333 g/mol. The van der Waals surface area contributed by atoms with Crippen LogP contribution in [0.4, 0.5) is 4.39 Å². The van der Waals surface area contributed by atoms with Gasteiger partial charge < -0.3 is 10.2 Å². The molecule has 5 heteroatoms. The Morgan fingerprint density at radius 1 is 1.17 bits per heavy atom. The first-order valence-electron chi connectivity index (χ1n) is 9.09. The quantitative estimate of drug-likeness (QED) is 0.898. The zero-order valence-electron chi connectivity index (χ0n) is 14.5. The Morgan fingerprint density at radius 2 is 1.88 bits per heavy atom. The molecule has 2 saturated heterocycles. The van der Waals surface area contributed by atoms with Crippen LogP contribution in [-0.4, -0.2) is 55.0 Å².